The van der Waals surface area contributed by atoms with Crippen molar-refractivity contribution in [2.24, 2.45) is 0 Å². The summed E-state index contributed by atoms with van der Waals surface area (Å²) in [5.41, 5.74) is -2.85. The van der Waals surface area contributed by atoms with E-state index in [4.69, 9.17) is 23.0 Å². The van der Waals surface area contributed by atoms with E-state index >= 15 is 0 Å². The van der Waals surface area contributed by atoms with Gasteiger partial charge in [-0.3, -0.25) is 13.0 Å². The van der Waals surface area contributed by atoms with E-state index in [0.717, 1.165) is 76.5 Å². The molecule has 0 radical (unpaired) electrons. The first kappa shape index (κ1) is 61.1. The minimum Gasteiger partial charge on any atom is -0.423 e. The van der Waals surface area contributed by atoms with Crippen LogP contribution in [-0.4, -0.2) is 56.6 Å². The Bertz CT molecular complexity index is 4740. The Morgan fingerprint density at radius 1 is 0.476 bits per heavy atom. The Morgan fingerprint density at radius 3 is 1.41 bits per heavy atom. The fourth-order valence-electron chi connectivity index (χ4n) is 9.61. The maximum Gasteiger partial charge on any atom is 0.522 e. The molecule has 13 rings (SSSR count). The van der Waals surface area contributed by atoms with Crippen molar-refractivity contribution in [3.05, 3.63) is 229 Å². The van der Waals surface area contributed by atoms with Crippen molar-refractivity contribution in [2.75, 3.05) is 12.5 Å². The number of alkyl halides is 3. The van der Waals surface area contributed by atoms with Crippen molar-refractivity contribution >= 4 is 211 Å². The van der Waals surface area contributed by atoms with E-state index in [1.165, 1.54) is 46.2 Å². The molecule has 0 amide bonds. The van der Waals surface area contributed by atoms with Gasteiger partial charge >= 0.3 is 22.7 Å². The van der Waals surface area contributed by atoms with E-state index in [1.54, 1.807) is 18.6 Å². The predicted molar refractivity (Wildman–Crippen MR) is 357 cm³/mol. The van der Waals surface area contributed by atoms with Crippen molar-refractivity contribution in [2.45, 2.75) is 15.3 Å². The quantitative estimate of drug-likeness (QED) is 0.0693. The molecule has 1 heterocycles. The Hall–Kier alpha value is -5.43. The lowest BCUT2D eigenvalue weighted by Gasteiger charge is -2.14. The van der Waals surface area contributed by atoms with Gasteiger partial charge < -0.3 is 10.0 Å². The number of rotatable bonds is 4. The highest BCUT2D eigenvalue weighted by atomic mass is 127. The van der Waals surface area contributed by atoms with E-state index in [-0.39, 0.29) is 0 Å². The second-order valence-electron chi connectivity index (χ2n) is 18.3. The van der Waals surface area contributed by atoms with E-state index in [2.05, 4.69) is 192 Å². The number of benzene rings is 12. The van der Waals surface area contributed by atoms with Crippen LogP contribution in [0.5, 0.6) is 0 Å². The van der Waals surface area contributed by atoms with Crippen LogP contribution in [0.1, 0.15) is 0 Å². The summed E-state index contributed by atoms with van der Waals surface area (Å²) < 4.78 is 88.7. The van der Waals surface area contributed by atoms with Crippen LogP contribution in [0, 0.1) is 3.57 Å². The van der Waals surface area contributed by atoms with Crippen LogP contribution < -0.4 is 5.46 Å². The zero-order valence-electron chi connectivity index (χ0n) is 43.0. The zero-order chi connectivity index (χ0) is 58.6. The van der Waals surface area contributed by atoms with E-state index in [9.17, 15) is 21.6 Å². The molecule has 414 valence electrons. The minimum atomic E-state index is -5.84. The van der Waals surface area contributed by atoms with E-state index < -0.39 is 44.3 Å². The molecule has 2 atom stereocenters. The molecule has 7 nitrogen and oxygen atoms in total. The van der Waals surface area contributed by atoms with Crippen molar-refractivity contribution in [1.82, 2.24) is 0 Å². The fourth-order valence-corrected chi connectivity index (χ4v) is 15.8. The molecule has 12 aromatic carbocycles. The number of hydrogen-bond acceptors (Lipinski definition) is 7. The third-order valence-electron chi connectivity index (χ3n) is 13.2. The molecule has 3 N–H and O–H groups in total. The van der Waals surface area contributed by atoms with Gasteiger partial charge in [0.05, 0.1) is 31.4 Å². The van der Waals surface area contributed by atoms with Crippen molar-refractivity contribution < 1.29 is 44.6 Å². The van der Waals surface area contributed by atoms with Crippen LogP contribution >= 0.6 is 81.7 Å². The van der Waals surface area contributed by atoms with Gasteiger partial charge in [-0.1, -0.05) is 236 Å². The van der Waals surface area contributed by atoms with Gasteiger partial charge in [0, 0.05) is 49.7 Å². The Balaban J connectivity index is 0.000000129. The molecule has 0 aliphatic carbocycles. The van der Waals surface area contributed by atoms with Crippen molar-refractivity contribution in [3.63, 3.8) is 0 Å². The molecule has 0 aliphatic rings. The number of halogens is 7. The lowest BCUT2D eigenvalue weighted by Crippen LogP contribution is -2.30. The highest BCUT2D eigenvalue weighted by molar-refractivity contribution is 14.1. The number of fused-ring (bicyclic) bond motifs is 11. The molecule has 0 saturated heterocycles. The predicted octanol–water partition coefficient (Wildman–Crippen LogP) is 18.1. The van der Waals surface area contributed by atoms with Gasteiger partial charge in [-0.05, 0) is 128 Å². The van der Waals surface area contributed by atoms with Gasteiger partial charge in [-0.2, -0.15) is 21.6 Å². The number of thiophene rings is 1. The Kier molecular flexibility index (Phi) is 19.6. The largest absolute Gasteiger partial charge is 0.522 e. The molecule has 0 fully saturated rings. The fraction of sp³-hybridized carbons (Fsp3) is 0.0476. The smallest absolute Gasteiger partial charge is 0.423 e. The van der Waals surface area contributed by atoms with Gasteiger partial charge in [-0.25, -0.2) is 0 Å². The number of hydrogen-bond donors (Lipinski definition) is 3. The molecular weight excluding hydrogens is 1430 g/mol. The van der Waals surface area contributed by atoms with Gasteiger partial charge in [0.15, 0.2) is 0 Å². The molecule has 0 saturated carbocycles. The SMILES string of the molecule is Brc1cc2sc3c4ccccc4ccc3c2c2ccccc12.CS(=O)c1c(-c2ccc(Br)c3ccccc23)ccc2ccccc12.CS(=O)c1c(I)ccc2ccccc12.O=S(=O)(O)C(F)(F)F.OB(O)c1ccc(Br)c2ccccc12. The topological polar surface area (TPSA) is 129 Å². The van der Waals surface area contributed by atoms with Crippen LogP contribution in [0.4, 0.5) is 13.2 Å². The van der Waals surface area contributed by atoms with Gasteiger partial charge in [0.25, 0.3) is 0 Å². The zero-order valence-corrected chi connectivity index (χ0v) is 53.2. The lowest BCUT2D eigenvalue weighted by molar-refractivity contribution is -0.0510. The maximum atomic E-state index is 12.6. The van der Waals surface area contributed by atoms with Crippen LogP contribution in [-0.2, 0) is 31.7 Å². The summed E-state index contributed by atoms with van der Waals surface area (Å²) in [7, 11) is -9.26. The normalized spacial score (nSPS) is 12.2. The first-order valence-electron chi connectivity index (χ1n) is 24.7. The Morgan fingerprint density at radius 2 is 0.878 bits per heavy atom. The van der Waals surface area contributed by atoms with Gasteiger partial charge in [-0.15, -0.1) is 11.3 Å². The average Bonchev–Trinajstić information content (AvgIpc) is 2.81. The van der Waals surface area contributed by atoms with Crippen LogP contribution in [0.15, 0.2) is 236 Å². The summed E-state index contributed by atoms with van der Waals surface area (Å²) in [5, 5.41) is 34.9. The third-order valence-corrected chi connectivity index (χ3v) is 20.3. The summed E-state index contributed by atoms with van der Waals surface area (Å²) in [6.45, 7) is 0. The van der Waals surface area contributed by atoms with Gasteiger partial charge in [0.1, 0.15) is 0 Å². The first-order valence-corrected chi connectivity index (χ1v) is 33.5. The molecular formula is C63H44BBr3F3IO7S4. The summed E-state index contributed by atoms with van der Waals surface area (Å²) in [6, 6.07) is 72.1. The first-order chi connectivity index (χ1) is 39.1. The average molecular weight is 1480 g/mol. The van der Waals surface area contributed by atoms with Crippen LogP contribution in [0.3, 0.4) is 0 Å². The van der Waals surface area contributed by atoms with E-state index in [0.29, 0.717) is 5.46 Å². The summed E-state index contributed by atoms with van der Waals surface area (Å²) in [6.07, 6.45) is 3.48. The highest BCUT2D eigenvalue weighted by Gasteiger charge is 2.44. The van der Waals surface area contributed by atoms with E-state index in [1.807, 2.05) is 96.3 Å². The molecule has 19 heteroatoms. The minimum absolute atomic E-state index is 0.531. The molecule has 0 spiro atoms. The molecule has 2 unspecified atom stereocenters. The summed E-state index contributed by atoms with van der Waals surface area (Å²) in [4.78, 5) is 1.85. The molecule has 0 bridgehead atoms. The van der Waals surface area contributed by atoms with Crippen molar-refractivity contribution in [1.29, 1.82) is 0 Å². The lowest BCUT2D eigenvalue weighted by atomic mass is 9.77. The molecule has 82 heavy (non-hydrogen) atoms. The third kappa shape index (κ3) is 13.2. The van der Waals surface area contributed by atoms with Crippen LogP contribution in [0.2, 0.25) is 0 Å². The second kappa shape index (κ2) is 26.2. The maximum absolute atomic E-state index is 12.6. The molecule has 0 aliphatic heterocycles. The Labute approximate surface area is 518 Å². The monoisotopic (exact) mass is 1470 g/mol. The summed E-state index contributed by atoms with van der Waals surface area (Å²) >= 11 is 14.9. The standard InChI is InChI=1S/C21H15BrOS.C20H11BrS.C11H9IOS.C10H8BBrO2.CHF3O3S/c1-24(23)21-15-7-3-2-6-14(15)10-11-19(21)17-12-13-20(22)18-9-5-4-8-16(17)18;21-17-11-18-19(15-8-4-3-7-14(15)17)16-10-9-12-5-1-2-6-13(12)20(16)22-18;1-14(13)11-9-5-3-2-4-8(9)6-7-10(11)12;12-10-6-5-9(11(13)14)7-3-1-2-4-8(7)10;2-1(3,4)8(5,6)7/h2-13H,1H3;1-11H;2-7H,1H3;1-6,13-14H;(H,5,6,7). The van der Waals surface area contributed by atoms with Crippen molar-refractivity contribution in [3.8, 4) is 11.1 Å². The van der Waals surface area contributed by atoms with Crippen LogP contribution in [0.25, 0.3) is 95.9 Å². The highest BCUT2D eigenvalue weighted by Crippen LogP contribution is 2.44. The molecule has 13 aromatic rings. The summed E-state index contributed by atoms with van der Waals surface area (Å²) in [5.74, 6) is 0. The van der Waals surface area contributed by atoms with Gasteiger partial charge in [0.2, 0.25) is 0 Å². The second-order valence-corrected chi connectivity index (χ2v) is 27.2. The molecule has 1 aromatic heterocycles.